The molecular weight excluding hydrogens is 272 g/mol. The number of carbonyl (C=O) groups excluding carboxylic acids is 1. The summed E-state index contributed by atoms with van der Waals surface area (Å²) in [4.78, 5) is 16.5. The molecule has 0 spiro atoms. The lowest BCUT2D eigenvalue weighted by Gasteiger charge is -2.07. The molecule has 0 bridgehead atoms. The minimum Gasteiger partial charge on any atom is -0.395 e. The molecule has 0 fully saturated rings. The van der Waals surface area contributed by atoms with Crippen LogP contribution in [0.1, 0.15) is 27.2 Å². The Balaban J connectivity index is 2.23. The first-order valence-electron chi connectivity index (χ1n) is 6.11. The molecule has 0 aliphatic carbocycles. The predicted molar refractivity (Wildman–Crippen MR) is 79.8 cm³/mol. The van der Waals surface area contributed by atoms with Crippen LogP contribution in [0.5, 0.6) is 0 Å². The van der Waals surface area contributed by atoms with Crippen LogP contribution >= 0.6 is 11.3 Å². The maximum absolute atomic E-state index is 12.0. The van der Waals surface area contributed by atoms with Crippen LogP contribution < -0.4 is 5.32 Å². The van der Waals surface area contributed by atoms with E-state index < -0.39 is 0 Å². The molecule has 1 aromatic carbocycles. The third-order valence-electron chi connectivity index (χ3n) is 2.54. The molecule has 4 nitrogen and oxygen atoms in total. The summed E-state index contributed by atoms with van der Waals surface area (Å²) in [6.07, 6.45) is 1.95. The van der Waals surface area contributed by atoms with Gasteiger partial charge in [0.25, 0.3) is 5.91 Å². The largest absolute Gasteiger partial charge is 0.395 e. The first-order valence-corrected chi connectivity index (χ1v) is 6.99. The van der Waals surface area contributed by atoms with Gasteiger partial charge in [-0.05, 0) is 24.6 Å². The monoisotopic (exact) mass is 286 g/mol. The highest BCUT2D eigenvalue weighted by molar-refractivity contribution is 7.11. The highest BCUT2D eigenvalue weighted by atomic mass is 32.1. The standard InChI is InChI=1S/C15H14N2O2S/c1-11-5-6-13(12(8-11)4-2-3-7-18)17-15(19)14-9-16-10-20-14/h5-6,8-10,18H,3,7H2,1H3,(H,17,19). The Hall–Kier alpha value is -2.16. The number of thiazole rings is 1. The molecule has 0 unspecified atom stereocenters. The van der Waals surface area contributed by atoms with E-state index in [1.165, 1.54) is 17.5 Å². The van der Waals surface area contributed by atoms with Crippen molar-refractivity contribution < 1.29 is 9.90 Å². The number of anilines is 1. The lowest BCUT2D eigenvalue weighted by molar-refractivity contribution is 0.103. The van der Waals surface area contributed by atoms with E-state index in [1.54, 1.807) is 5.51 Å². The van der Waals surface area contributed by atoms with Gasteiger partial charge in [0.1, 0.15) is 4.88 Å². The Morgan fingerprint density at radius 3 is 3.05 bits per heavy atom. The van der Waals surface area contributed by atoms with Gasteiger partial charge in [0.05, 0.1) is 24.0 Å². The smallest absolute Gasteiger partial charge is 0.267 e. The van der Waals surface area contributed by atoms with Crippen LogP contribution in [0.15, 0.2) is 29.9 Å². The van der Waals surface area contributed by atoms with Crippen LogP contribution in [0.3, 0.4) is 0 Å². The Morgan fingerprint density at radius 1 is 1.50 bits per heavy atom. The van der Waals surface area contributed by atoms with Crippen LogP contribution in [0.4, 0.5) is 5.69 Å². The highest BCUT2D eigenvalue weighted by Gasteiger charge is 2.09. The first kappa shape index (κ1) is 14.3. The third kappa shape index (κ3) is 3.67. The molecule has 2 N–H and O–H groups in total. The van der Waals surface area contributed by atoms with Gasteiger partial charge in [0.2, 0.25) is 0 Å². The molecule has 0 aliphatic heterocycles. The average Bonchev–Trinajstić information content (AvgIpc) is 2.96. The van der Waals surface area contributed by atoms with Crippen molar-refractivity contribution in [1.29, 1.82) is 0 Å². The minimum atomic E-state index is -0.193. The number of aryl methyl sites for hydroxylation is 1. The molecule has 2 aromatic rings. The molecule has 20 heavy (non-hydrogen) atoms. The Morgan fingerprint density at radius 2 is 2.35 bits per heavy atom. The number of hydrogen-bond acceptors (Lipinski definition) is 4. The van der Waals surface area contributed by atoms with Gasteiger partial charge in [-0.25, -0.2) is 0 Å². The van der Waals surface area contributed by atoms with Crippen LogP contribution in [0, 0.1) is 18.8 Å². The fourth-order valence-corrected chi connectivity index (χ4v) is 2.11. The zero-order valence-corrected chi connectivity index (χ0v) is 11.8. The van der Waals surface area contributed by atoms with Crippen molar-refractivity contribution in [3.05, 3.63) is 45.9 Å². The lowest BCUT2D eigenvalue weighted by Crippen LogP contribution is -2.11. The molecule has 0 radical (unpaired) electrons. The minimum absolute atomic E-state index is 0.0291. The van der Waals surface area contributed by atoms with E-state index >= 15 is 0 Å². The molecular formula is C15H14N2O2S. The molecule has 0 saturated heterocycles. The second kappa shape index (κ2) is 6.85. The van der Waals surface area contributed by atoms with Crippen LogP contribution in [-0.4, -0.2) is 22.6 Å². The van der Waals surface area contributed by atoms with Crippen molar-refractivity contribution in [1.82, 2.24) is 4.98 Å². The number of nitrogens with zero attached hydrogens (tertiary/aromatic N) is 1. The number of hydrogen-bond donors (Lipinski definition) is 2. The zero-order chi connectivity index (χ0) is 14.4. The number of aliphatic hydroxyl groups is 1. The molecule has 1 amide bonds. The highest BCUT2D eigenvalue weighted by Crippen LogP contribution is 2.18. The van der Waals surface area contributed by atoms with E-state index in [2.05, 4.69) is 22.1 Å². The second-order valence-corrected chi connectivity index (χ2v) is 5.03. The van der Waals surface area contributed by atoms with Gasteiger partial charge in [-0.15, -0.1) is 11.3 Å². The lowest BCUT2D eigenvalue weighted by atomic mass is 10.1. The Kier molecular flexibility index (Phi) is 4.88. The number of amides is 1. The number of aliphatic hydroxyl groups excluding tert-OH is 1. The SMILES string of the molecule is Cc1ccc(NC(=O)c2cncs2)c(C#CCCO)c1. The fraction of sp³-hybridized carbons (Fsp3) is 0.200. The van der Waals surface area contributed by atoms with Crippen molar-refractivity contribution in [3.63, 3.8) is 0 Å². The van der Waals surface area contributed by atoms with Gasteiger partial charge in [0, 0.05) is 12.0 Å². The normalized spacial score (nSPS) is 9.70. The van der Waals surface area contributed by atoms with E-state index in [-0.39, 0.29) is 12.5 Å². The summed E-state index contributed by atoms with van der Waals surface area (Å²) in [6.45, 7) is 1.99. The predicted octanol–water partition coefficient (Wildman–Crippen LogP) is 2.44. The molecule has 0 aliphatic rings. The third-order valence-corrected chi connectivity index (χ3v) is 3.31. The molecule has 0 atom stereocenters. The summed E-state index contributed by atoms with van der Waals surface area (Å²) in [6, 6.07) is 5.66. The quantitative estimate of drug-likeness (QED) is 0.852. The molecule has 1 aromatic heterocycles. The molecule has 0 saturated carbocycles. The topological polar surface area (TPSA) is 62.2 Å². The van der Waals surface area contributed by atoms with Crippen molar-refractivity contribution >= 4 is 22.9 Å². The second-order valence-electron chi connectivity index (χ2n) is 4.14. The summed E-state index contributed by atoms with van der Waals surface area (Å²) < 4.78 is 0. The molecule has 102 valence electrons. The van der Waals surface area contributed by atoms with Gasteiger partial charge in [-0.3, -0.25) is 9.78 Å². The van der Waals surface area contributed by atoms with Crippen molar-refractivity contribution in [2.45, 2.75) is 13.3 Å². The summed E-state index contributed by atoms with van der Waals surface area (Å²) in [5.74, 6) is 5.64. The van der Waals surface area contributed by atoms with Crippen LogP contribution in [0.25, 0.3) is 0 Å². The summed E-state index contributed by atoms with van der Waals surface area (Å²) >= 11 is 1.29. The summed E-state index contributed by atoms with van der Waals surface area (Å²) in [5.41, 5.74) is 4.09. The van der Waals surface area contributed by atoms with Crippen LogP contribution in [0.2, 0.25) is 0 Å². The van der Waals surface area contributed by atoms with Gasteiger partial charge >= 0.3 is 0 Å². The number of aromatic nitrogens is 1. The van der Waals surface area contributed by atoms with E-state index in [0.29, 0.717) is 17.0 Å². The van der Waals surface area contributed by atoms with Crippen molar-refractivity contribution in [2.75, 3.05) is 11.9 Å². The molecule has 5 heteroatoms. The maximum Gasteiger partial charge on any atom is 0.267 e. The molecule has 1 heterocycles. The average molecular weight is 286 g/mol. The van der Waals surface area contributed by atoms with Gasteiger partial charge in [-0.1, -0.05) is 17.9 Å². The van der Waals surface area contributed by atoms with Crippen LogP contribution in [-0.2, 0) is 0 Å². The summed E-state index contributed by atoms with van der Waals surface area (Å²) in [7, 11) is 0. The number of nitrogens with one attached hydrogen (secondary N) is 1. The van der Waals surface area contributed by atoms with E-state index in [9.17, 15) is 4.79 Å². The Bertz CT molecular complexity index is 654. The van der Waals surface area contributed by atoms with Crippen molar-refractivity contribution in [3.8, 4) is 11.8 Å². The van der Waals surface area contributed by atoms with Gasteiger partial charge in [-0.2, -0.15) is 0 Å². The fourth-order valence-electron chi connectivity index (χ4n) is 1.60. The van der Waals surface area contributed by atoms with E-state index in [0.717, 1.165) is 11.1 Å². The van der Waals surface area contributed by atoms with Crippen molar-refractivity contribution in [2.24, 2.45) is 0 Å². The Labute approximate surface area is 121 Å². The molecule has 2 rings (SSSR count). The number of benzene rings is 1. The van der Waals surface area contributed by atoms with E-state index in [4.69, 9.17) is 5.11 Å². The number of carbonyl (C=O) groups is 1. The zero-order valence-electron chi connectivity index (χ0n) is 11.0. The van der Waals surface area contributed by atoms with Gasteiger partial charge < -0.3 is 10.4 Å². The summed E-state index contributed by atoms with van der Waals surface area (Å²) in [5, 5.41) is 11.6. The number of rotatable bonds is 3. The van der Waals surface area contributed by atoms with E-state index in [1.807, 2.05) is 25.1 Å². The first-order chi connectivity index (χ1) is 9.70. The van der Waals surface area contributed by atoms with Gasteiger partial charge in [0.15, 0.2) is 0 Å². The maximum atomic E-state index is 12.0.